The van der Waals surface area contributed by atoms with E-state index in [1.165, 1.54) is 25.9 Å². The Morgan fingerprint density at radius 1 is 1.44 bits per heavy atom. The largest absolute Gasteiger partial charge is 0.392 e. The first-order valence-corrected chi connectivity index (χ1v) is 6.65. The number of aliphatic hydroxyl groups is 1. The summed E-state index contributed by atoms with van der Waals surface area (Å²) in [6.45, 7) is 3.46. The Bertz CT molecular complexity index is 375. The molecule has 0 saturated carbocycles. The van der Waals surface area contributed by atoms with Crippen molar-refractivity contribution in [1.29, 1.82) is 0 Å². The summed E-state index contributed by atoms with van der Waals surface area (Å²) >= 11 is 0. The van der Waals surface area contributed by atoms with Crippen LogP contribution in [0.4, 0.5) is 5.82 Å². The number of anilines is 1. The van der Waals surface area contributed by atoms with Crippen molar-refractivity contribution in [2.45, 2.75) is 19.4 Å². The predicted octanol–water partition coefficient (Wildman–Crippen LogP) is 1.35. The van der Waals surface area contributed by atoms with Gasteiger partial charge in [-0.05, 0) is 45.0 Å². The maximum Gasteiger partial charge on any atom is 0.133 e. The minimum absolute atomic E-state index is 0.0565. The lowest BCUT2D eigenvalue weighted by molar-refractivity contribution is 0.222. The second-order valence-electron chi connectivity index (χ2n) is 5.27. The van der Waals surface area contributed by atoms with E-state index in [-0.39, 0.29) is 6.61 Å². The number of hydrogen-bond acceptors (Lipinski definition) is 4. The van der Waals surface area contributed by atoms with Crippen LogP contribution in [0.2, 0.25) is 0 Å². The minimum Gasteiger partial charge on any atom is -0.392 e. The van der Waals surface area contributed by atoms with Crippen LogP contribution in [0, 0.1) is 5.92 Å². The summed E-state index contributed by atoms with van der Waals surface area (Å²) in [7, 11) is 4.25. The fourth-order valence-corrected chi connectivity index (χ4v) is 2.62. The fourth-order valence-electron chi connectivity index (χ4n) is 2.62. The Balaban J connectivity index is 1.96. The number of nitrogens with zero attached hydrogens (tertiary/aromatic N) is 3. The molecule has 0 atom stereocenters. The molecule has 100 valence electrons. The summed E-state index contributed by atoms with van der Waals surface area (Å²) in [4.78, 5) is 8.95. The SMILES string of the molecule is CN1CCC(CN(C)c2ncccc2CO)CC1. The average Bonchev–Trinajstić information content (AvgIpc) is 2.41. The molecule has 1 aliphatic rings. The molecular weight excluding hydrogens is 226 g/mol. The van der Waals surface area contributed by atoms with Crippen molar-refractivity contribution in [2.75, 3.05) is 38.6 Å². The van der Waals surface area contributed by atoms with Crippen LogP contribution in [-0.2, 0) is 6.61 Å². The summed E-state index contributed by atoms with van der Waals surface area (Å²) in [6, 6.07) is 3.81. The molecule has 0 amide bonds. The van der Waals surface area contributed by atoms with Gasteiger partial charge in [-0.15, -0.1) is 0 Å². The van der Waals surface area contributed by atoms with Crippen LogP contribution >= 0.6 is 0 Å². The van der Waals surface area contributed by atoms with Crippen LogP contribution in [0.1, 0.15) is 18.4 Å². The lowest BCUT2D eigenvalue weighted by Gasteiger charge is -2.32. The quantitative estimate of drug-likeness (QED) is 0.874. The third-order valence-corrected chi connectivity index (χ3v) is 3.77. The zero-order valence-electron chi connectivity index (χ0n) is 11.3. The van der Waals surface area contributed by atoms with Crippen molar-refractivity contribution in [1.82, 2.24) is 9.88 Å². The van der Waals surface area contributed by atoms with Crippen molar-refractivity contribution in [3.05, 3.63) is 23.9 Å². The first kappa shape index (κ1) is 13.3. The zero-order valence-corrected chi connectivity index (χ0v) is 11.3. The van der Waals surface area contributed by atoms with Gasteiger partial charge in [0.25, 0.3) is 0 Å². The molecule has 1 fully saturated rings. The summed E-state index contributed by atoms with van der Waals surface area (Å²) in [5.74, 6) is 1.65. The molecule has 0 aromatic carbocycles. The molecule has 18 heavy (non-hydrogen) atoms. The van der Waals surface area contributed by atoms with Crippen molar-refractivity contribution in [3.63, 3.8) is 0 Å². The molecule has 0 radical (unpaired) electrons. The van der Waals surface area contributed by atoms with E-state index in [9.17, 15) is 5.11 Å². The van der Waals surface area contributed by atoms with Crippen LogP contribution < -0.4 is 4.90 Å². The first-order valence-electron chi connectivity index (χ1n) is 6.65. The van der Waals surface area contributed by atoms with Gasteiger partial charge in [-0.3, -0.25) is 0 Å². The van der Waals surface area contributed by atoms with E-state index in [1.807, 2.05) is 12.1 Å². The second-order valence-corrected chi connectivity index (χ2v) is 5.27. The monoisotopic (exact) mass is 249 g/mol. The Morgan fingerprint density at radius 3 is 2.83 bits per heavy atom. The summed E-state index contributed by atoms with van der Waals surface area (Å²) < 4.78 is 0. The van der Waals surface area contributed by atoms with Gasteiger partial charge in [0.2, 0.25) is 0 Å². The lowest BCUT2D eigenvalue weighted by atomic mass is 9.96. The summed E-state index contributed by atoms with van der Waals surface area (Å²) in [5.41, 5.74) is 0.910. The minimum atomic E-state index is 0.0565. The lowest BCUT2D eigenvalue weighted by Crippen LogP contribution is -2.36. The zero-order chi connectivity index (χ0) is 13.0. The van der Waals surface area contributed by atoms with Crippen LogP contribution in [0.3, 0.4) is 0 Å². The molecule has 1 saturated heterocycles. The van der Waals surface area contributed by atoms with Gasteiger partial charge in [0, 0.05) is 25.4 Å². The average molecular weight is 249 g/mol. The molecule has 0 unspecified atom stereocenters. The highest BCUT2D eigenvalue weighted by atomic mass is 16.3. The topological polar surface area (TPSA) is 39.6 Å². The van der Waals surface area contributed by atoms with Gasteiger partial charge in [0.1, 0.15) is 5.82 Å². The number of pyridine rings is 1. The van der Waals surface area contributed by atoms with Gasteiger partial charge in [0.05, 0.1) is 6.61 Å². The Morgan fingerprint density at radius 2 is 2.17 bits per heavy atom. The van der Waals surface area contributed by atoms with Crippen molar-refractivity contribution in [2.24, 2.45) is 5.92 Å². The number of aromatic nitrogens is 1. The number of likely N-dealkylation sites (tertiary alicyclic amines) is 1. The molecule has 1 aliphatic heterocycles. The van der Waals surface area contributed by atoms with E-state index in [0.717, 1.165) is 23.8 Å². The molecule has 1 aromatic rings. The maximum atomic E-state index is 9.33. The highest BCUT2D eigenvalue weighted by Crippen LogP contribution is 2.21. The van der Waals surface area contributed by atoms with Crippen LogP contribution in [-0.4, -0.2) is 48.7 Å². The van der Waals surface area contributed by atoms with E-state index in [2.05, 4.69) is 28.9 Å². The fraction of sp³-hybridized carbons (Fsp3) is 0.643. The number of hydrogen-bond donors (Lipinski definition) is 1. The van der Waals surface area contributed by atoms with E-state index in [4.69, 9.17) is 0 Å². The van der Waals surface area contributed by atoms with Gasteiger partial charge in [-0.25, -0.2) is 4.98 Å². The van der Waals surface area contributed by atoms with Gasteiger partial charge < -0.3 is 14.9 Å². The molecular formula is C14H23N3O. The van der Waals surface area contributed by atoms with E-state index in [1.54, 1.807) is 6.20 Å². The second kappa shape index (κ2) is 6.16. The van der Waals surface area contributed by atoms with E-state index < -0.39 is 0 Å². The number of rotatable bonds is 4. The van der Waals surface area contributed by atoms with E-state index in [0.29, 0.717) is 0 Å². The normalized spacial score (nSPS) is 17.9. The van der Waals surface area contributed by atoms with Gasteiger partial charge in [-0.1, -0.05) is 6.07 Å². The Labute approximate surface area is 109 Å². The van der Waals surface area contributed by atoms with Crippen LogP contribution in [0.15, 0.2) is 18.3 Å². The molecule has 4 heteroatoms. The third-order valence-electron chi connectivity index (χ3n) is 3.77. The van der Waals surface area contributed by atoms with E-state index >= 15 is 0 Å². The Hall–Kier alpha value is -1.13. The summed E-state index contributed by atoms with van der Waals surface area (Å²) in [5, 5.41) is 9.33. The molecule has 0 aliphatic carbocycles. The third kappa shape index (κ3) is 3.21. The smallest absolute Gasteiger partial charge is 0.133 e. The molecule has 0 bridgehead atoms. The van der Waals surface area contributed by atoms with Gasteiger partial charge in [-0.2, -0.15) is 0 Å². The van der Waals surface area contributed by atoms with Crippen molar-refractivity contribution >= 4 is 5.82 Å². The number of piperidine rings is 1. The molecule has 2 rings (SSSR count). The standard InChI is InChI=1S/C14H23N3O/c1-16-8-5-12(6-9-16)10-17(2)14-13(11-18)4-3-7-15-14/h3-4,7,12,18H,5-6,8-11H2,1-2H3. The molecule has 1 N–H and O–H groups in total. The van der Waals surface area contributed by atoms with Crippen molar-refractivity contribution < 1.29 is 5.11 Å². The molecule has 1 aromatic heterocycles. The molecule has 4 nitrogen and oxygen atoms in total. The maximum absolute atomic E-state index is 9.33. The number of aliphatic hydroxyl groups excluding tert-OH is 1. The van der Waals surface area contributed by atoms with Crippen LogP contribution in [0.25, 0.3) is 0 Å². The highest BCUT2D eigenvalue weighted by molar-refractivity contribution is 5.45. The van der Waals surface area contributed by atoms with Crippen LogP contribution in [0.5, 0.6) is 0 Å². The van der Waals surface area contributed by atoms with Gasteiger partial charge >= 0.3 is 0 Å². The highest BCUT2D eigenvalue weighted by Gasteiger charge is 2.19. The molecule has 2 heterocycles. The molecule has 0 spiro atoms. The van der Waals surface area contributed by atoms with Gasteiger partial charge in [0.15, 0.2) is 0 Å². The first-order chi connectivity index (χ1) is 8.70. The summed E-state index contributed by atoms with van der Waals surface area (Å²) in [6.07, 6.45) is 4.30. The van der Waals surface area contributed by atoms with Crippen molar-refractivity contribution in [3.8, 4) is 0 Å². The Kier molecular flexibility index (Phi) is 4.55. The predicted molar refractivity (Wildman–Crippen MR) is 73.7 cm³/mol.